The Balaban J connectivity index is 0.000000216. The van der Waals surface area contributed by atoms with Crippen LogP contribution >= 0.6 is 22.9 Å². The molecule has 0 fully saturated rings. The molecule has 1 aromatic heterocycles. The van der Waals surface area contributed by atoms with Gasteiger partial charge < -0.3 is 5.73 Å². The van der Waals surface area contributed by atoms with Crippen LogP contribution in [0.2, 0.25) is 5.02 Å². The van der Waals surface area contributed by atoms with E-state index in [1.165, 1.54) is 22.6 Å². The van der Waals surface area contributed by atoms with Crippen LogP contribution in [0.4, 0.5) is 0 Å². The lowest BCUT2D eigenvalue weighted by Crippen LogP contribution is -2.40. The van der Waals surface area contributed by atoms with Crippen molar-refractivity contribution in [2.75, 3.05) is 6.54 Å². The van der Waals surface area contributed by atoms with Gasteiger partial charge in [0.05, 0.1) is 4.90 Å². The average molecular weight is 465 g/mol. The molecule has 1 aliphatic rings. The molecule has 4 rings (SSSR count). The third-order valence-corrected chi connectivity index (χ3v) is 6.95. The molecule has 0 saturated heterocycles. The third kappa shape index (κ3) is 5.47. The number of hydrogen-bond acceptors (Lipinski definition) is 5. The van der Waals surface area contributed by atoms with E-state index in [1.54, 1.807) is 35.6 Å². The van der Waals surface area contributed by atoms with Gasteiger partial charge in [-0.2, -0.15) is 8.42 Å². The maximum atomic E-state index is 11.9. The number of thiophene rings is 1. The number of rotatable bonds is 4. The van der Waals surface area contributed by atoms with Crippen LogP contribution in [0.5, 0.6) is 0 Å². The number of primary amides is 1. The first-order chi connectivity index (χ1) is 14.3. The minimum atomic E-state index is -4.00. The summed E-state index contributed by atoms with van der Waals surface area (Å²) in [5.41, 5.74) is 7.71. The van der Waals surface area contributed by atoms with Gasteiger partial charge >= 0.3 is 0 Å². The molecule has 1 amide bonds. The van der Waals surface area contributed by atoms with Gasteiger partial charge in [-0.1, -0.05) is 48.0 Å². The SMILES string of the molecule is NC(=O)C(c1ccccc1Cl)N1CCc2sccc2C1.O=S(=O)(O)c1ccccc1. The number of nitrogens with two attached hydrogens (primary N) is 1. The number of halogens is 1. The predicted octanol–water partition coefficient (Wildman–Crippen LogP) is 3.92. The van der Waals surface area contributed by atoms with Gasteiger partial charge in [0, 0.05) is 23.0 Å². The highest BCUT2D eigenvalue weighted by Gasteiger charge is 2.30. The van der Waals surface area contributed by atoms with Crippen molar-refractivity contribution in [2.24, 2.45) is 5.73 Å². The Kier molecular flexibility index (Phi) is 7.27. The van der Waals surface area contributed by atoms with Crippen LogP contribution in [0.3, 0.4) is 0 Å². The zero-order valence-electron chi connectivity index (χ0n) is 15.9. The summed E-state index contributed by atoms with van der Waals surface area (Å²) in [6.07, 6.45) is 0.960. The van der Waals surface area contributed by atoms with Gasteiger partial charge in [0.25, 0.3) is 10.1 Å². The summed E-state index contributed by atoms with van der Waals surface area (Å²) in [7, 11) is -4.00. The van der Waals surface area contributed by atoms with Crippen LogP contribution in [0.25, 0.3) is 0 Å². The topological polar surface area (TPSA) is 101 Å². The highest BCUT2D eigenvalue weighted by molar-refractivity contribution is 7.85. The zero-order valence-corrected chi connectivity index (χ0v) is 18.3. The van der Waals surface area contributed by atoms with Crippen LogP contribution in [0.1, 0.15) is 22.0 Å². The molecule has 9 heteroatoms. The predicted molar refractivity (Wildman–Crippen MR) is 118 cm³/mol. The number of hydrogen-bond donors (Lipinski definition) is 2. The number of carbonyl (C=O) groups is 1. The molecule has 1 aliphatic heterocycles. The van der Waals surface area contributed by atoms with E-state index in [0.717, 1.165) is 25.1 Å². The Hall–Kier alpha value is -2.23. The van der Waals surface area contributed by atoms with Crippen LogP contribution in [-0.2, 0) is 27.9 Å². The van der Waals surface area contributed by atoms with Gasteiger partial charge in [-0.25, -0.2) is 0 Å². The number of benzene rings is 2. The van der Waals surface area contributed by atoms with E-state index in [0.29, 0.717) is 5.02 Å². The van der Waals surface area contributed by atoms with E-state index < -0.39 is 16.2 Å². The minimum absolute atomic E-state index is 0.0741. The van der Waals surface area contributed by atoms with Crippen molar-refractivity contribution in [3.63, 3.8) is 0 Å². The van der Waals surface area contributed by atoms with Crippen LogP contribution < -0.4 is 5.73 Å². The average Bonchev–Trinajstić information content (AvgIpc) is 3.18. The van der Waals surface area contributed by atoms with E-state index >= 15 is 0 Å². The quantitative estimate of drug-likeness (QED) is 0.570. The van der Waals surface area contributed by atoms with E-state index in [2.05, 4.69) is 16.3 Å². The molecule has 6 nitrogen and oxygen atoms in total. The molecule has 2 heterocycles. The van der Waals surface area contributed by atoms with Crippen molar-refractivity contribution in [3.8, 4) is 0 Å². The number of amides is 1. The Labute approximate surface area is 184 Å². The molecule has 158 valence electrons. The first-order valence-corrected chi connectivity index (χ1v) is 11.8. The summed E-state index contributed by atoms with van der Waals surface area (Å²) in [6.45, 7) is 1.57. The molecule has 1 atom stereocenters. The van der Waals surface area contributed by atoms with Crippen LogP contribution in [-0.4, -0.2) is 30.3 Å². The maximum Gasteiger partial charge on any atom is 0.294 e. The highest BCUT2D eigenvalue weighted by Crippen LogP contribution is 2.33. The number of nitrogens with zero attached hydrogens (tertiary/aromatic N) is 1. The summed E-state index contributed by atoms with van der Waals surface area (Å²) in [5, 5.41) is 2.69. The van der Waals surface area contributed by atoms with E-state index in [1.807, 2.05) is 18.2 Å². The van der Waals surface area contributed by atoms with Gasteiger partial charge in [-0.15, -0.1) is 11.3 Å². The lowest BCUT2D eigenvalue weighted by Gasteiger charge is -2.33. The highest BCUT2D eigenvalue weighted by atomic mass is 35.5. The molecule has 3 N–H and O–H groups in total. The van der Waals surface area contributed by atoms with E-state index in [4.69, 9.17) is 21.9 Å². The van der Waals surface area contributed by atoms with Gasteiger partial charge in [-0.3, -0.25) is 14.2 Å². The normalized spacial score (nSPS) is 14.9. The Morgan fingerprint density at radius 2 is 1.77 bits per heavy atom. The Morgan fingerprint density at radius 3 is 2.37 bits per heavy atom. The van der Waals surface area contributed by atoms with Crippen molar-refractivity contribution in [2.45, 2.75) is 23.9 Å². The summed E-state index contributed by atoms with van der Waals surface area (Å²) < 4.78 is 29.2. The summed E-state index contributed by atoms with van der Waals surface area (Å²) in [4.78, 5) is 15.4. The smallest absolute Gasteiger partial charge is 0.294 e. The molecule has 0 bridgehead atoms. The Bertz CT molecular complexity index is 1120. The molecule has 1 unspecified atom stereocenters. The lowest BCUT2D eigenvalue weighted by molar-refractivity contribution is -0.123. The molecule has 2 aromatic carbocycles. The van der Waals surface area contributed by atoms with Crippen LogP contribution in [0.15, 0.2) is 70.9 Å². The minimum Gasteiger partial charge on any atom is -0.368 e. The third-order valence-electron chi connectivity index (χ3n) is 4.71. The van der Waals surface area contributed by atoms with Gasteiger partial charge in [0.2, 0.25) is 5.91 Å². The molecular formula is C21H21ClN2O4S2. The maximum absolute atomic E-state index is 11.9. The van der Waals surface area contributed by atoms with Crippen molar-refractivity contribution in [3.05, 3.63) is 87.1 Å². The number of fused-ring (bicyclic) bond motifs is 1. The first-order valence-electron chi connectivity index (χ1n) is 9.13. The fraction of sp³-hybridized carbons (Fsp3) is 0.190. The fourth-order valence-electron chi connectivity index (χ4n) is 3.31. The second-order valence-electron chi connectivity index (χ2n) is 6.70. The standard InChI is InChI=1S/C15H15ClN2OS.C6H6O3S/c16-12-4-2-1-3-11(12)14(15(17)19)18-7-5-13-10(9-18)6-8-20-13;7-10(8,9)6-4-2-1-3-5-6/h1-4,6,8,14H,5,7,9H2,(H2,17,19);1-5H,(H,7,8,9). The monoisotopic (exact) mass is 464 g/mol. The van der Waals surface area contributed by atoms with Gasteiger partial charge in [0.15, 0.2) is 0 Å². The second-order valence-corrected chi connectivity index (χ2v) is 9.53. The molecule has 30 heavy (non-hydrogen) atoms. The largest absolute Gasteiger partial charge is 0.368 e. The van der Waals surface area contributed by atoms with E-state index in [-0.39, 0.29) is 10.8 Å². The van der Waals surface area contributed by atoms with E-state index in [9.17, 15) is 13.2 Å². The second kappa shape index (κ2) is 9.72. The van der Waals surface area contributed by atoms with Crippen molar-refractivity contribution < 1.29 is 17.8 Å². The zero-order chi connectivity index (χ0) is 21.7. The molecule has 3 aromatic rings. The summed E-state index contributed by atoms with van der Waals surface area (Å²) in [5.74, 6) is -0.350. The van der Waals surface area contributed by atoms with Crippen molar-refractivity contribution >= 4 is 39.0 Å². The van der Waals surface area contributed by atoms with Gasteiger partial charge in [0.1, 0.15) is 6.04 Å². The molecular weight excluding hydrogens is 444 g/mol. The van der Waals surface area contributed by atoms with Gasteiger partial charge in [-0.05, 0) is 47.2 Å². The van der Waals surface area contributed by atoms with Crippen molar-refractivity contribution in [1.82, 2.24) is 4.90 Å². The van der Waals surface area contributed by atoms with Crippen LogP contribution in [0, 0.1) is 0 Å². The molecule has 0 aliphatic carbocycles. The van der Waals surface area contributed by atoms with Crippen molar-refractivity contribution in [1.29, 1.82) is 0 Å². The molecule has 0 spiro atoms. The first kappa shape index (κ1) is 22.5. The lowest BCUT2D eigenvalue weighted by atomic mass is 10.0. The molecule has 0 saturated carbocycles. The fourth-order valence-corrected chi connectivity index (χ4v) is 4.94. The number of carbonyl (C=O) groups excluding carboxylic acids is 1. The molecule has 0 radical (unpaired) electrons. The summed E-state index contributed by atoms with van der Waals surface area (Å²) >= 11 is 8.01. The Morgan fingerprint density at radius 1 is 1.10 bits per heavy atom. The summed E-state index contributed by atoms with van der Waals surface area (Å²) in [6, 6.07) is 16.5.